The zero-order valence-corrected chi connectivity index (χ0v) is 16.1. The summed E-state index contributed by atoms with van der Waals surface area (Å²) in [7, 11) is 0. The minimum atomic E-state index is -0.0392. The summed E-state index contributed by atoms with van der Waals surface area (Å²) in [4.78, 5) is 17.6. The Morgan fingerprint density at radius 1 is 1.23 bits per heavy atom. The number of rotatable bonds is 5. The van der Waals surface area contributed by atoms with Gasteiger partial charge in [-0.15, -0.1) is 0 Å². The van der Waals surface area contributed by atoms with Gasteiger partial charge in [-0.1, -0.05) is 49.3 Å². The highest BCUT2D eigenvalue weighted by atomic mass is 35.5. The van der Waals surface area contributed by atoms with Gasteiger partial charge in [0.05, 0.1) is 22.5 Å². The number of hydrogen-bond acceptors (Lipinski definition) is 4. The quantitative estimate of drug-likeness (QED) is 0.466. The van der Waals surface area contributed by atoms with E-state index in [4.69, 9.17) is 16.9 Å². The highest BCUT2D eigenvalue weighted by Gasteiger charge is 2.13. The van der Waals surface area contributed by atoms with E-state index >= 15 is 0 Å². The minimum absolute atomic E-state index is 0.0392. The summed E-state index contributed by atoms with van der Waals surface area (Å²) in [5.74, 6) is 0.996. The van der Waals surface area contributed by atoms with Crippen LogP contribution >= 0.6 is 23.4 Å². The number of benzene rings is 2. The lowest BCUT2D eigenvalue weighted by molar-refractivity contribution is 0.475. The fraction of sp³-hybridized carbons (Fsp3) is 0.250. The molecule has 0 radical (unpaired) electrons. The van der Waals surface area contributed by atoms with Crippen LogP contribution in [-0.2, 0) is 12.3 Å². The Bertz CT molecular complexity index is 1040. The first-order chi connectivity index (χ1) is 12.5. The Morgan fingerprint density at radius 2 is 1.96 bits per heavy atom. The van der Waals surface area contributed by atoms with Crippen molar-refractivity contribution in [1.82, 2.24) is 9.55 Å². The molecule has 132 valence electrons. The second-order valence-electron chi connectivity index (χ2n) is 6.46. The summed E-state index contributed by atoms with van der Waals surface area (Å²) < 4.78 is 1.75. The van der Waals surface area contributed by atoms with Crippen molar-refractivity contribution in [2.45, 2.75) is 31.3 Å². The lowest BCUT2D eigenvalue weighted by Gasteiger charge is -2.15. The van der Waals surface area contributed by atoms with E-state index in [0.717, 1.165) is 5.56 Å². The molecule has 3 rings (SSSR count). The van der Waals surface area contributed by atoms with Gasteiger partial charge in [-0.25, -0.2) is 4.98 Å². The molecule has 0 atom stereocenters. The normalized spacial score (nSPS) is 11.0. The van der Waals surface area contributed by atoms with Gasteiger partial charge in [-0.05, 0) is 41.8 Å². The van der Waals surface area contributed by atoms with Crippen LogP contribution in [0.2, 0.25) is 5.02 Å². The maximum Gasteiger partial charge on any atom is 0.262 e. The van der Waals surface area contributed by atoms with Crippen molar-refractivity contribution in [2.75, 3.05) is 0 Å². The average Bonchev–Trinajstić information content (AvgIpc) is 2.62. The molecule has 3 aromatic rings. The Balaban J connectivity index is 1.98. The lowest BCUT2D eigenvalue weighted by atomic mass is 10.2. The molecule has 0 saturated carbocycles. The Kier molecular flexibility index (Phi) is 5.65. The molecular formula is C20H18ClN3OS. The monoisotopic (exact) mass is 383 g/mol. The van der Waals surface area contributed by atoms with E-state index in [-0.39, 0.29) is 5.56 Å². The van der Waals surface area contributed by atoms with Gasteiger partial charge in [-0.3, -0.25) is 9.36 Å². The van der Waals surface area contributed by atoms with Gasteiger partial charge >= 0.3 is 0 Å². The number of hydrogen-bond donors (Lipinski definition) is 0. The molecule has 0 aliphatic rings. The van der Waals surface area contributed by atoms with Crippen LogP contribution < -0.4 is 5.56 Å². The summed E-state index contributed by atoms with van der Waals surface area (Å²) in [6.07, 6.45) is 0. The van der Waals surface area contributed by atoms with Gasteiger partial charge in [-0.2, -0.15) is 5.26 Å². The first-order valence-electron chi connectivity index (χ1n) is 8.30. The SMILES string of the molecule is CC(C)Cn1c(SCc2ccc(C#N)cc2)nc2cc(Cl)ccc2c1=O. The van der Waals surface area contributed by atoms with E-state index in [2.05, 4.69) is 24.9 Å². The summed E-state index contributed by atoms with van der Waals surface area (Å²) in [6.45, 7) is 4.77. The number of fused-ring (bicyclic) bond motifs is 1. The van der Waals surface area contributed by atoms with E-state index in [1.165, 1.54) is 11.8 Å². The molecule has 0 saturated heterocycles. The Labute approximate surface area is 161 Å². The van der Waals surface area contributed by atoms with Crippen LogP contribution in [-0.4, -0.2) is 9.55 Å². The molecule has 0 unspecified atom stereocenters. The maximum atomic E-state index is 12.9. The Morgan fingerprint density at radius 3 is 2.62 bits per heavy atom. The van der Waals surface area contributed by atoms with Gasteiger partial charge in [0.1, 0.15) is 0 Å². The van der Waals surface area contributed by atoms with Gasteiger partial charge in [0, 0.05) is 17.3 Å². The molecule has 0 bridgehead atoms. The molecule has 0 amide bonds. The first-order valence-corrected chi connectivity index (χ1v) is 9.66. The summed E-state index contributed by atoms with van der Waals surface area (Å²) in [5.41, 5.74) is 2.28. The minimum Gasteiger partial charge on any atom is -0.287 e. The van der Waals surface area contributed by atoms with Crippen molar-refractivity contribution in [3.05, 3.63) is 69.0 Å². The van der Waals surface area contributed by atoms with E-state index in [1.54, 1.807) is 34.9 Å². The number of thioether (sulfide) groups is 1. The van der Waals surface area contributed by atoms with E-state index in [9.17, 15) is 4.79 Å². The highest BCUT2D eigenvalue weighted by molar-refractivity contribution is 7.98. The molecule has 6 heteroatoms. The number of nitrogens with zero attached hydrogens (tertiary/aromatic N) is 3. The first kappa shape index (κ1) is 18.5. The second kappa shape index (κ2) is 7.94. The molecule has 0 spiro atoms. The largest absolute Gasteiger partial charge is 0.287 e. The zero-order valence-electron chi connectivity index (χ0n) is 14.6. The van der Waals surface area contributed by atoms with Crippen LogP contribution in [0.4, 0.5) is 0 Å². The third-order valence-corrected chi connectivity index (χ3v) is 5.16. The molecule has 4 nitrogen and oxygen atoms in total. The van der Waals surface area contributed by atoms with Crippen molar-refractivity contribution >= 4 is 34.3 Å². The van der Waals surface area contributed by atoms with Crippen LogP contribution in [0.15, 0.2) is 52.4 Å². The smallest absolute Gasteiger partial charge is 0.262 e. The molecule has 0 aliphatic heterocycles. The van der Waals surface area contributed by atoms with Crippen LogP contribution in [0.1, 0.15) is 25.0 Å². The van der Waals surface area contributed by atoms with Gasteiger partial charge < -0.3 is 0 Å². The van der Waals surface area contributed by atoms with Gasteiger partial charge in [0.2, 0.25) is 0 Å². The highest BCUT2D eigenvalue weighted by Crippen LogP contribution is 2.24. The fourth-order valence-electron chi connectivity index (χ4n) is 2.63. The van der Waals surface area contributed by atoms with Crippen LogP contribution in [0.3, 0.4) is 0 Å². The number of aromatic nitrogens is 2. The predicted molar refractivity (Wildman–Crippen MR) is 107 cm³/mol. The topological polar surface area (TPSA) is 58.7 Å². The van der Waals surface area contributed by atoms with Crippen molar-refractivity contribution in [3.8, 4) is 6.07 Å². The third kappa shape index (κ3) is 4.09. The molecule has 1 heterocycles. The third-order valence-electron chi connectivity index (χ3n) is 3.88. The van der Waals surface area contributed by atoms with Crippen molar-refractivity contribution < 1.29 is 0 Å². The summed E-state index contributed by atoms with van der Waals surface area (Å²) >= 11 is 7.58. The van der Waals surface area contributed by atoms with Crippen molar-refractivity contribution in [3.63, 3.8) is 0 Å². The molecule has 0 aliphatic carbocycles. The zero-order chi connectivity index (χ0) is 18.7. The van der Waals surface area contributed by atoms with Crippen molar-refractivity contribution in [2.24, 2.45) is 5.92 Å². The standard InChI is InChI=1S/C20H18ClN3OS/c1-13(2)11-24-19(25)17-8-7-16(21)9-18(17)23-20(24)26-12-15-5-3-14(10-22)4-6-15/h3-9,13H,11-12H2,1-2H3. The van der Waals surface area contributed by atoms with E-state index in [1.807, 2.05) is 12.1 Å². The molecule has 26 heavy (non-hydrogen) atoms. The Hall–Kier alpha value is -2.29. The van der Waals surface area contributed by atoms with Gasteiger partial charge in [0.15, 0.2) is 5.16 Å². The van der Waals surface area contributed by atoms with Crippen LogP contribution in [0.25, 0.3) is 10.9 Å². The van der Waals surface area contributed by atoms with E-state index < -0.39 is 0 Å². The molecule has 0 N–H and O–H groups in total. The second-order valence-corrected chi connectivity index (χ2v) is 7.84. The summed E-state index contributed by atoms with van der Waals surface area (Å²) in [6, 6.07) is 14.7. The van der Waals surface area contributed by atoms with Crippen LogP contribution in [0, 0.1) is 17.2 Å². The van der Waals surface area contributed by atoms with Crippen LogP contribution in [0.5, 0.6) is 0 Å². The molecular weight excluding hydrogens is 366 g/mol. The number of halogens is 1. The van der Waals surface area contributed by atoms with E-state index in [0.29, 0.717) is 44.9 Å². The maximum absolute atomic E-state index is 12.9. The molecule has 2 aromatic carbocycles. The predicted octanol–water partition coefficient (Wildman–Crippen LogP) is 4.87. The average molecular weight is 384 g/mol. The fourth-order valence-corrected chi connectivity index (χ4v) is 3.76. The van der Waals surface area contributed by atoms with Gasteiger partial charge in [0.25, 0.3) is 5.56 Å². The van der Waals surface area contributed by atoms with Crippen molar-refractivity contribution in [1.29, 1.82) is 5.26 Å². The molecule has 1 aromatic heterocycles. The molecule has 0 fully saturated rings. The lowest BCUT2D eigenvalue weighted by Crippen LogP contribution is -2.25. The number of nitriles is 1. The summed E-state index contributed by atoms with van der Waals surface area (Å²) in [5, 5.41) is 10.7.